The summed E-state index contributed by atoms with van der Waals surface area (Å²) in [6, 6.07) is 2.51. The van der Waals surface area contributed by atoms with Crippen LogP contribution in [0.25, 0.3) is 0 Å². The molecule has 4 atom stereocenters. The van der Waals surface area contributed by atoms with Crippen molar-refractivity contribution in [3.05, 3.63) is 35.1 Å². The molecule has 5 nitrogen and oxygen atoms in total. The van der Waals surface area contributed by atoms with Crippen LogP contribution in [0.3, 0.4) is 0 Å². The maximum Gasteiger partial charge on any atom is 0.241 e. The molecule has 1 aromatic carbocycles. The summed E-state index contributed by atoms with van der Waals surface area (Å²) < 4.78 is 26.1. The fourth-order valence-corrected chi connectivity index (χ4v) is 6.43. The van der Waals surface area contributed by atoms with E-state index in [2.05, 4.69) is 6.92 Å². The molecule has 4 unspecified atom stereocenters. The smallest absolute Gasteiger partial charge is 0.241 e. The summed E-state index contributed by atoms with van der Waals surface area (Å²) in [5, 5.41) is 0.123. The quantitative estimate of drug-likeness (QED) is 0.292. The first-order chi connectivity index (χ1) is 14.4. The lowest BCUT2D eigenvalue weighted by Crippen LogP contribution is -2.31. The van der Waals surface area contributed by atoms with Gasteiger partial charge in [-0.15, -0.1) is 0 Å². The number of nitrogens with zero attached hydrogens (tertiary/aromatic N) is 1. The van der Waals surface area contributed by atoms with Crippen LogP contribution in [0.5, 0.6) is 5.75 Å². The van der Waals surface area contributed by atoms with Crippen LogP contribution in [-0.2, 0) is 14.3 Å². The molecule has 2 aliphatic rings. The van der Waals surface area contributed by atoms with Crippen LogP contribution in [-0.4, -0.2) is 43.7 Å². The van der Waals surface area contributed by atoms with Gasteiger partial charge in [0.1, 0.15) is 17.4 Å². The highest BCUT2D eigenvalue weighted by Crippen LogP contribution is 2.45. The van der Waals surface area contributed by atoms with E-state index >= 15 is 0 Å². The Morgan fingerprint density at radius 2 is 2.07 bits per heavy atom. The third-order valence-electron chi connectivity index (χ3n) is 5.61. The van der Waals surface area contributed by atoms with E-state index in [-0.39, 0.29) is 28.2 Å². The van der Waals surface area contributed by atoms with Crippen molar-refractivity contribution in [2.24, 2.45) is 11.8 Å². The van der Waals surface area contributed by atoms with E-state index in [0.29, 0.717) is 13.0 Å². The van der Waals surface area contributed by atoms with E-state index in [9.17, 15) is 14.0 Å². The number of allylic oxidation sites excluding steroid dienone is 1. The highest BCUT2D eigenvalue weighted by molar-refractivity contribution is 7.58. The first-order valence-corrected chi connectivity index (χ1v) is 12.5. The topological polar surface area (TPSA) is 55.8 Å². The van der Waals surface area contributed by atoms with E-state index in [0.717, 1.165) is 36.1 Å². The number of hydrogen-bond acceptors (Lipinski definition) is 4. The number of halogens is 2. The second-order valence-corrected chi connectivity index (χ2v) is 10.8. The van der Waals surface area contributed by atoms with E-state index in [1.165, 1.54) is 6.07 Å². The van der Waals surface area contributed by atoms with Gasteiger partial charge in [-0.25, -0.2) is 9.29 Å². The molecule has 1 aliphatic heterocycles. The lowest BCUT2D eigenvalue weighted by atomic mass is 9.86. The second-order valence-electron chi connectivity index (χ2n) is 7.63. The van der Waals surface area contributed by atoms with Crippen molar-refractivity contribution >= 4 is 37.0 Å². The molecule has 0 N–H and O–H groups in total. The number of hydrogen-bond donors (Lipinski definition) is 0. The number of benzene rings is 1. The van der Waals surface area contributed by atoms with Crippen LogP contribution in [0.4, 0.5) is 10.1 Å². The summed E-state index contributed by atoms with van der Waals surface area (Å²) in [5.74, 6) is -2.24. The number of fused-ring (bicyclic) bond motifs is 1. The lowest BCUT2D eigenvalue weighted by molar-refractivity contribution is -0.122. The van der Waals surface area contributed by atoms with Crippen LogP contribution in [0, 0.1) is 17.7 Å². The lowest BCUT2D eigenvalue weighted by Gasteiger charge is -2.26. The number of anilines is 1. The molecule has 1 heterocycles. The molecule has 0 spiro atoms. The van der Waals surface area contributed by atoms with E-state index in [4.69, 9.17) is 21.1 Å². The highest BCUT2D eigenvalue weighted by atomic mass is 35.5. The van der Waals surface area contributed by atoms with Crippen LogP contribution in [0.2, 0.25) is 5.02 Å². The Labute approximate surface area is 183 Å². The number of carbonyl (C=O) groups excluding carboxylic acids is 2. The summed E-state index contributed by atoms with van der Waals surface area (Å²) in [6.45, 7) is 4.74. The molecular formula is C22H28ClFNO4P. The summed E-state index contributed by atoms with van der Waals surface area (Å²) in [4.78, 5) is 26.7. The fourth-order valence-electron chi connectivity index (χ4n) is 4.03. The van der Waals surface area contributed by atoms with Gasteiger partial charge >= 0.3 is 0 Å². The SMILES string of the molecule is CCCP(CCOC)C(C)Oc1cc(N2C(=O)C3C=CCCC3C2=O)c(F)cc1Cl. The molecule has 30 heavy (non-hydrogen) atoms. The number of carbonyl (C=O) groups is 2. The van der Waals surface area contributed by atoms with Gasteiger partial charge in [-0.2, -0.15) is 0 Å². The average molecular weight is 456 g/mol. The largest absolute Gasteiger partial charge is 0.485 e. The predicted molar refractivity (Wildman–Crippen MR) is 118 cm³/mol. The summed E-state index contributed by atoms with van der Waals surface area (Å²) in [5.41, 5.74) is -0.0869. The Morgan fingerprint density at radius 3 is 2.73 bits per heavy atom. The molecular weight excluding hydrogens is 428 g/mol. The molecule has 0 saturated carbocycles. The monoisotopic (exact) mass is 455 g/mol. The predicted octanol–water partition coefficient (Wildman–Crippen LogP) is 5.20. The summed E-state index contributed by atoms with van der Waals surface area (Å²) in [7, 11) is 1.19. The van der Waals surface area contributed by atoms with Crippen LogP contribution < -0.4 is 9.64 Å². The maximum absolute atomic E-state index is 14.8. The standard InChI is InChI=1S/C22H28ClFNO4P/c1-4-10-30(11-9-28-3)14(2)29-20-13-19(18(24)12-17(20)23)25-21(26)15-7-5-6-8-16(15)22(25)27/h5,7,12-16H,4,6,8-11H2,1-3H3. The number of amides is 2. The van der Waals surface area contributed by atoms with Crippen molar-refractivity contribution in [3.8, 4) is 5.75 Å². The average Bonchev–Trinajstić information content (AvgIpc) is 2.98. The highest BCUT2D eigenvalue weighted by Gasteiger charge is 2.48. The fraction of sp³-hybridized carbons (Fsp3) is 0.545. The number of ether oxygens (including phenoxy) is 2. The minimum Gasteiger partial charge on any atom is -0.485 e. The number of imide groups is 1. The second kappa shape index (κ2) is 10.2. The van der Waals surface area contributed by atoms with Gasteiger partial charge in [0.25, 0.3) is 0 Å². The molecule has 1 fully saturated rings. The zero-order chi connectivity index (χ0) is 21.8. The first-order valence-electron chi connectivity index (χ1n) is 10.3. The van der Waals surface area contributed by atoms with Gasteiger partial charge in [-0.1, -0.05) is 45.0 Å². The van der Waals surface area contributed by atoms with Gasteiger partial charge in [0.15, 0.2) is 0 Å². The molecule has 0 bridgehead atoms. The maximum atomic E-state index is 14.8. The molecule has 8 heteroatoms. The molecule has 1 saturated heterocycles. The van der Waals surface area contributed by atoms with Gasteiger partial charge < -0.3 is 9.47 Å². The van der Waals surface area contributed by atoms with Crippen LogP contribution in [0.1, 0.15) is 33.1 Å². The number of rotatable bonds is 9. The third-order valence-corrected chi connectivity index (χ3v) is 8.82. The van der Waals surface area contributed by atoms with Crippen molar-refractivity contribution in [2.75, 3.05) is 30.9 Å². The summed E-state index contributed by atoms with van der Waals surface area (Å²) in [6.07, 6.45) is 7.94. The minimum absolute atomic E-state index is 0.0869. The molecule has 164 valence electrons. The van der Waals surface area contributed by atoms with Crippen molar-refractivity contribution in [2.45, 2.75) is 39.0 Å². The van der Waals surface area contributed by atoms with Crippen molar-refractivity contribution in [3.63, 3.8) is 0 Å². The van der Waals surface area contributed by atoms with Crippen molar-refractivity contribution in [1.29, 1.82) is 0 Å². The molecule has 1 aromatic rings. The first kappa shape index (κ1) is 23.2. The van der Waals surface area contributed by atoms with Crippen LogP contribution >= 0.6 is 19.5 Å². The van der Waals surface area contributed by atoms with E-state index in [1.807, 2.05) is 13.0 Å². The van der Waals surface area contributed by atoms with E-state index < -0.39 is 31.5 Å². The van der Waals surface area contributed by atoms with Gasteiger partial charge in [0.2, 0.25) is 11.8 Å². The minimum atomic E-state index is -0.709. The van der Waals surface area contributed by atoms with Crippen molar-refractivity contribution in [1.82, 2.24) is 0 Å². The Hall–Kier alpha value is -1.49. The zero-order valence-electron chi connectivity index (χ0n) is 17.6. The van der Waals surface area contributed by atoms with E-state index in [1.54, 1.807) is 13.2 Å². The molecule has 2 amide bonds. The Balaban J connectivity index is 1.86. The Bertz CT molecular complexity index is 834. The third kappa shape index (κ3) is 4.71. The summed E-state index contributed by atoms with van der Waals surface area (Å²) >= 11 is 6.25. The Kier molecular flexibility index (Phi) is 7.89. The van der Waals surface area contributed by atoms with Crippen molar-refractivity contribution < 1.29 is 23.5 Å². The zero-order valence-corrected chi connectivity index (χ0v) is 19.2. The van der Waals surface area contributed by atoms with Crippen LogP contribution in [0.15, 0.2) is 24.3 Å². The van der Waals surface area contributed by atoms with Gasteiger partial charge in [-0.05, 0) is 38.2 Å². The van der Waals surface area contributed by atoms with Gasteiger partial charge in [0.05, 0.1) is 29.2 Å². The Morgan fingerprint density at radius 1 is 1.30 bits per heavy atom. The number of methoxy groups -OCH3 is 1. The van der Waals surface area contributed by atoms with Gasteiger partial charge in [-0.3, -0.25) is 9.59 Å². The molecule has 3 rings (SSSR count). The molecule has 1 aliphatic carbocycles. The molecule has 0 aromatic heterocycles. The van der Waals surface area contributed by atoms with Gasteiger partial charge in [0, 0.05) is 13.2 Å². The normalized spacial score (nSPS) is 22.9. The molecule has 0 radical (unpaired) electrons.